The van der Waals surface area contributed by atoms with Gasteiger partial charge in [-0.25, -0.2) is 0 Å². The van der Waals surface area contributed by atoms with E-state index < -0.39 is 0 Å². The highest BCUT2D eigenvalue weighted by atomic mass is 15.3. The van der Waals surface area contributed by atoms with Crippen molar-refractivity contribution in [1.29, 1.82) is 0 Å². The highest BCUT2D eigenvalue weighted by Crippen LogP contribution is 2.28. The molecule has 1 aliphatic heterocycles. The summed E-state index contributed by atoms with van der Waals surface area (Å²) >= 11 is 0. The van der Waals surface area contributed by atoms with Gasteiger partial charge in [0.2, 0.25) is 0 Å². The lowest BCUT2D eigenvalue weighted by Gasteiger charge is -2.23. The second-order valence-electron chi connectivity index (χ2n) is 7.50. The second kappa shape index (κ2) is 8.54. The summed E-state index contributed by atoms with van der Waals surface area (Å²) in [6.07, 6.45) is 15.2. The number of hydrogen-bond donors (Lipinski definition) is 1. The second-order valence-corrected chi connectivity index (χ2v) is 7.50. The predicted molar refractivity (Wildman–Crippen MR) is 99.3 cm³/mol. The predicted octanol–water partition coefficient (Wildman–Crippen LogP) is 3.15. The number of hydrogen-bond acceptors (Lipinski definition) is 2. The van der Waals surface area contributed by atoms with E-state index in [1.807, 2.05) is 25.0 Å². The van der Waals surface area contributed by atoms with Crippen LogP contribution in [0.5, 0.6) is 0 Å². The summed E-state index contributed by atoms with van der Waals surface area (Å²) in [7, 11) is 3.89. The van der Waals surface area contributed by atoms with E-state index in [1.165, 1.54) is 56.9 Å². The molecular formula is C19H33N5. The summed E-state index contributed by atoms with van der Waals surface area (Å²) < 4.78 is 1.90. The molecule has 5 heteroatoms. The van der Waals surface area contributed by atoms with Crippen LogP contribution in [0.15, 0.2) is 17.4 Å². The van der Waals surface area contributed by atoms with Crippen molar-refractivity contribution in [2.45, 2.75) is 57.3 Å². The minimum Gasteiger partial charge on any atom is -0.356 e. The van der Waals surface area contributed by atoms with Gasteiger partial charge in [-0.1, -0.05) is 32.1 Å². The van der Waals surface area contributed by atoms with Gasteiger partial charge in [-0.15, -0.1) is 0 Å². The first-order valence-corrected chi connectivity index (χ1v) is 9.70. The molecule has 1 atom stereocenters. The quantitative estimate of drug-likeness (QED) is 0.512. The highest BCUT2D eigenvalue weighted by Gasteiger charge is 2.26. The molecule has 2 heterocycles. The van der Waals surface area contributed by atoms with Crippen LogP contribution in [0.1, 0.15) is 62.8 Å². The van der Waals surface area contributed by atoms with E-state index in [2.05, 4.69) is 26.5 Å². The van der Waals surface area contributed by atoms with Gasteiger partial charge in [-0.2, -0.15) is 5.10 Å². The normalized spacial score (nSPS) is 23.0. The van der Waals surface area contributed by atoms with Crippen molar-refractivity contribution >= 4 is 5.96 Å². The monoisotopic (exact) mass is 331 g/mol. The zero-order valence-corrected chi connectivity index (χ0v) is 15.4. The summed E-state index contributed by atoms with van der Waals surface area (Å²) in [5.41, 5.74) is 1.35. The molecule has 24 heavy (non-hydrogen) atoms. The summed E-state index contributed by atoms with van der Waals surface area (Å²) in [4.78, 5) is 6.90. The van der Waals surface area contributed by atoms with Crippen LogP contribution in [0, 0.1) is 5.92 Å². The largest absolute Gasteiger partial charge is 0.356 e. The van der Waals surface area contributed by atoms with E-state index in [0.29, 0.717) is 5.92 Å². The molecule has 1 saturated carbocycles. The van der Waals surface area contributed by atoms with Crippen LogP contribution < -0.4 is 5.32 Å². The van der Waals surface area contributed by atoms with Crippen LogP contribution in [0.2, 0.25) is 0 Å². The fraction of sp³-hybridized carbons (Fsp3) is 0.789. The summed E-state index contributed by atoms with van der Waals surface area (Å²) in [5.74, 6) is 2.63. The van der Waals surface area contributed by atoms with Crippen molar-refractivity contribution < 1.29 is 0 Å². The molecule has 2 fully saturated rings. The maximum Gasteiger partial charge on any atom is 0.193 e. The van der Waals surface area contributed by atoms with Crippen LogP contribution >= 0.6 is 0 Å². The lowest BCUT2D eigenvalue weighted by molar-refractivity contribution is 0.332. The van der Waals surface area contributed by atoms with E-state index in [-0.39, 0.29) is 0 Å². The van der Waals surface area contributed by atoms with Crippen molar-refractivity contribution in [2.75, 3.05) is 26.7 Å². The molecule has 1 aromatic rings. The Morgan fingerprint density at radius 1 is 1.29 bits per heavy atom. The molecule has 1 aromatic heterocycles. The number of likely N-dealkylation sites (tertiary alicyclic amines) is 1. The van der Waals surface area contributed by atoms with Gasteiger partial charge < -0.3 is 10.2 Å². The van der Waals surface area contributed by atoms with Gasteiger partial charge in [0.15, 0.2) is 5.96 Å². The summed E-state index contributed by atoms with van der Waals surface area (Å²) in [6, 6.07) is 0. The Labute approximate surface area is 146 Å². The minimum atomic E-state index is 0.583. The Morgan fingerprint density at radius 2 is 2.12 bits per heavy atom. The number of rotatable bonds is 5. The lowest BCUT2D eigenvalue weighted by Crippen LogP contribution is -2.40. The van der Waals surface area contributed by atoms with Crippen LogP contribution in [0.4, 0.5) is 0 Å². The maximum absolute atomic E-state index is 4.50. The molecule has 3 rings (SSSR count). The molecule has 1 N–H and O–H groups in total. The average molecular weight is 332 g/mol. The fourth-order valence-corrected chi connectivity index (χ4v) is 4.27. The molecule has 1 unspecified atom stereocenters. The third-order valence-corrected chi connectivity index (χ3v) is 5.69. The maximum atomic E-state index is 4.50. The zero-order valence-electron chi connectivity index (χ0n) is 15.4. The first-order valence-electron chi connectivity index (χ1n) is 9.70. The smallest absolute Gasteiger partial charge is 0.193 e. The van der Waals surface area contributed by atoms with Gasteiger partial charge >= 0.3 is 0 Å². The van der Waals surface area contributed by atoms with Crippen molar-refractivity contribution in [3.05, 3.63) is 18.0 Å². The molecule has 134 valence electrons. The Morgan fingerprint density at radius 3 is 2.83 bits per heavy atom. The SMILES string of the molecule is CN=C(NCCCC1CCCCC1)N1CCC(c2cnn(C)c2)C1. The van der Waals surface area contributed by atoms with E-state index in [0.717, 1.165) is 31.5 Å². The van der Waals surface area contributed by atoms with Gasteiger partial charge in [0.25, 0.3) is 0 Å². The van der Waals surface area contributed by atoms with E-state index in [9.17, 15) is 0 Å². The third-order valence-electron chi connectivity index (χ3n) is 5.69. The molecule has 5 nitrogen and oxygen atoms in total. The van der Waals surface area contributed by atoms with Crippen LogP contribution in [-0.4, -0.2) is 47.3 Å². The van der Waals surface area contributed by atoms with Crippen molar-refractivity contribution in [3.63, 3.8) is 0 Å². The first kappa shape index (κ1) is 17.3. The molecule has 1 saturated heterocycles. The van der Waals surface area contributed by atoms with Gasteiger partial charge in [-0.3, -0.25) is 9.67 Å². The Balaban J connectivity index is 1.40. The molecule has 0 aromatic carbocycles. The summed E-state index contributed by atoms with van der Waals surface area (Å²) in [5, 5.41) is 7.89. The van der Waals surface area contributed by atoms with Crippen LogP contribution in [0.25, 0.3) is 0 Å². The van der Waals surface area contributed by atoms with Crippen LogP contribution in [-0.2, 0) is 7.05 Å². The van der Waals surface area contributed by atoms with Crippen molar-refractivity contribution in [2.24, 2.45) is 18.0 Å². The Hall–Kier alpha value is -1.52. The molecule has 1 aliphatic carbocycles. The van der Waals surface area contributed by atoms with Gasteiger partial charge in [0, 0.05) is 45.8 Å². The van der Waals surface area contributed by atoms with Gasteiger partial charge in [0.1, 0.15) is 0 Å². The number of aryl methyl sites for hydroxylation is 1. The van der Waals surface area contributed by atoms with Gasteiger partial charge in [-0.05, 0) is 30.7 Å². The topological polar surface area (TPSA) is 45.5 Å². The average Bonchev–Trinajstić information content (AvgIpc) is 3.25. The minimum absolute atomic E-state index is 0.583. The molecule has 0 spiro atoms. The third kappa shape index (κ3) is 4.52. The van der Waals surface area contributed by atoms with Crippen molar-refractivity contribution in [1.82, 2.24) is 20.0 Å². The van der Waals surface area contributed by atoms with Crippen LogP contribution in [0.3, 0.4) is 0 Å². The standard InChI is InChI=1S/C19H33N5/c1-20-19(21-11-6-9-16-7-4-3-5-8-16)24-12-10-17(15-24)18-13-22-23(2)14-18/h13-14,16-17H,3-12,15H2,1-2H3,(H,20,21). The Bertz CT molecular complexity index is 530. The molecule has 0 bridgehead atoms. The van der Waals surface area contributed by atoms with E-state index >= 15 is 0 Å². The summed E-state index contributed by atoms with van der Waals surface area (Å²) in [6.45, 7) is 3.19. The van der Waals surface area contributed by atoms with Crippen molar-refractivity contribution in [3.8, 4) is 0 Å². The van der Waals surface area contributed by atoms with E-state index in [1.54, 1.807) is 0 Å². The zero-order chi connectivity index (χ0) is 16.8. The fourth-order valence-electron chi connectivity index (χ4n) is 4.27. The molecular weight excluding hydrogens is 298 g/mol. The molecule has 0 radical (unpaired) electrons. The number of nitrogens with one attached hydrogen (secondary N) is 1. The number of aliphatic imine (C=N–C) groups is 1. The highest BCUT2D eigenvalue weighted by molar-refractivity contribution is 5.80. The number of guanidine groups is 1. The lowest BCUT2D eigenvalue weighted by atomic mass is 9.86. The Kier molecular flexibility index (Phi) is 6.16. The number of aromatic nitrogens is 2. The van der Waals surface area contributed by atoms with E-state index in [4.69, 9.17) is 0 Å². The first-order chi connectivity index (χ1) is 11.8. The molecule has 2 aliphatic rings. The molecule has 0 amide bonds. The van der Waals surface area contributed by atoms with Gasteiger partial charge in [0.05, 0.1) is 6.20 Å². The number of nitrogens with zero attached hydrogens (tertiary/aromatic N) is 4.